The van der Waals surface area contributed by atoms with E-state index in [1.165, 1.54) is 0 Å². The fourth-order valence-electron chi connectivity index (χ4n) is 3.55. The Hall–Kier alpha value is -3.94. The van der Waals surface area contributed by atoms with Gasteiger partial charge in [-0.15, -0.1) is 0 Å². The predicted molar refractivity (Wildman–Crippen MR) is 172 cm³/mol. The molecule has 0 radical (unpaired) electrons. The van der Waals surface area contributed by atoms with Crippen LogP contribution in [0.25, 0.3) is 0 Å². The van der Waals surface area contributed by atoms with Crippen LogP contribution >= 0.6 is 0 Å². The first-order chi connectivity index (χ1) is 22.6. The summed E-state index contributed by atoms with van der Waals surface area (Å²) in [5.74, 6) is -0.814. The summed E-state index contributed by atoms with van der Waals surface area (Å²) in [6, 6.07) is 0. The van der Waals surface area contributed by atoms with E-state index in [0.29, 0.717) is 45.4 Å². The van der Waals surface area contributed by atoms with Crippen LogP contribution in [0.3, 0.4) is 0 Å². The van der Waals surface area contributed by atoms with Gasteiger partial charge in [-0.05, 0) is 40.0 Å². The minimum Gasteiger partial charge on any atom is -0.465 e. The zero-order chi connectivity index (χ0) is 36.3. The smallest absolute Gasteiger partial charge is 0.407 e. The van der Waals surface area contributed by atoms with Crippen molar-refractivity contribution >= 4 is 36.0 Å². The highest BCUT2D eigenvalue weighted by molar-refractivity contribution is 5.76. The molecular weight excluding hydrogens is 638 g/mol. The third kappa shape index (κ3) is 29.5. The molecule has 10 N–H and O–H groups in total. The van der Waals surface area contributed by atoms with Gasteiger partial charge in [0.15, 0.2) is 0 Å². The Morgan fingerprint density at radius 1 is 0.542 bits per heavy atom. The molecule has 0 atom stereocenters. The zero-order valence-electron chi connectivity index (χ0n) is 28.3. The lowest BCUT2D eigenvalue weighted by molar-refractivity contribution is -0.122. The van der Waals surface area contributed by atoms with Gasteiger partial charge in [0.1, 0.15) is 5.60 Å². The van der Waals surface area contributed by atoms with Gasteiger partial charge in [-0.1, -0.05) is 0 Å². The van der Waals surface area contributed by atoms with Gasteiger partial charge in [-0.2, -0.15) is 0 Å². The second-order valence-electron chi connectivity index (χ2n) is 11.8. The molecule has 278 valence electrons. The van der Waals surface area contributed by atoms with E-state index in [4.69, 9.17) is 34.9 Å². The number of nitrogens with one attached hydrogen (secondary N) is 6. The molecule has 48 heavy (non-hydrogen) atoms. The van der Waals surface area contributed by atoms with Crippen molar-refractivity contribution in [3.8, 4) is 0 Å². The van der Waals surface area contributed by atoms with Crippen LogP contribution in [0.1, 0.15) is 59.3 Å². The molecule has 0 bridgehead atoms. The molecule has 0 saturated heterocycles. The Balaban J connectivity index is 4.53. The summed E-state index contributed by atoms with van der Waals surface area (Å²) in [6.45, 7) is 6.97. The summed E-state index contributed by atoms with van der Waals surface area (Å²) in [7, 11) is 0. The number of carbonyl (C=O) groups is 6. The van der Waals surface area contributed by atoms with Crippen molar-refractivity contribution in [3.63, 3.8) is 0 Å². The van der Waals surface area contributed by atoms with Crippen LogP contribution in [0.2, 0.25) is 0 Å². The number of hydrogen-bond acceptors (Lipinski definition) is 11. The largest absolute Gasteiger partial charge is 0.465 e. The minimum atomic E-state index is -1.16. The number of alkyl carbamates (subject to hydrolysis) is 1. The van der Waals surface area contributed by atoms with E-state index in [9.17, 15) is 28.8 Å². The molecule has 0 aromatic rings. The van der Waals surface area contributed by atoms with Gasteiger partial charge in [0.05, 0.1) is 45.2 Å². The fraction of sp³-hybridized carbons (Fsp3) is 0.793. The second kappa shape index (κ2) is 26.1. The molecule has 0 rings (SSSR count). The Kier molecular flexibility index (Phi) is 23.9. The lowest BCUT2D eigenvalue weighted by Gasteiger charge is -2.29. The number of hydrogen-bond donors (Lipinski definition) is 9. The molecule has 19 heteroatoms. The molecule has 0 aromatic heterocycles. The van der Waals surface area contributed by atoms with Gasteiger partial charge in [-0.3, -0.25) is 14.4 Å². The van der Waals surface area contributed by atoms with E-state index in [2.05, 4.69) is 31.9 Å². The summed E-state index contributed by atoms with van der Waals surface area (Å²) in [4.78, 5) is 68.7. The number of nitrogens with two attached hydrogens (primary N) is 1. The maximum Gasteiger partial charge on any atom is 0.407 e. The maximum atomic E-state index is 12.2. The summed E-state index contributed by atoms with van der Waals surface area (Å²) in [5, 5.41) is 32.2. The van der Waals surface area contributed by atoms with Crippen molar-refractivity contribution in [2.75, 3.05) is 78.9 Å². The molecule has 0 aromatic carbocycles. The SMILES string of the molecule is CC(C)(C)OC(=O)NCCCNC(=O)CCOCC(N)(COCCC(=O)NCCCNC(=O)O)COCCC(=O)NCCCNC(=O)O. The number of amides is 6. The molecule has 0 aliphatic rings. The highest BCUT2D eigenvalue weighted by Gasteiger charge is 2.27. The van der Waals surface area contributed by atoms with Gasteiger partial charge in [-0.25, -0.2) is 14.4 Å². The van der Waals surface area contributed by atoms with Crippen molar-refractivity contribution < 1.29 is 57.9 Å². The maximum absolute atomic E-state index is 12.2. The van der Waals surface area contributed by atoms with Crippen LogP contribution in [-0.2, 0) is 33.3 Å². The van der Waals surface area contributed by atoms with E-state index in [1.807, 2.05) is 0 Å². The van der Waals surface area contributed by atoms with Gasteiger partial charge in [0.25, 0.3) is 0 Å². The predicted octanol–water partition coefficient (Wildman–Crippen LogP) is -0.517. The van der Waals surface area contributed by atoms with Crippen molar-refractivity contribution in [1.29, 1.82) is 0 Å². The number of carbonyl (C=O) groups excluding carboxylic acids is 4. The summed E-state index contributed by atoms with van der Waals surface area (Å²) >= 11 is 0. The van der Waals surface area contributed by atoms with Crippen molar-refractivity contribution in [1.82, 2.24) is 31.9 Å². The lowest BCUT2D eigenvalue weighted by Crippen LogP contribution is -2.53. The van der Waals surface area contributed by atoms with Crippen molar-refractivity contribution in [2.45, 2.75) is 70.4 Å². The molecule has 0 aliphatic carbocycles. The average molecular weight is 694 g/mol. The van der Waals surface area contributed by atoms with Gasteiger partial charge in [0, 0.05) is 58.5 Å². The quantitative estimate of drug-likeness (QED) is 0.0491. The van der Waals surface area contributed by atoms with Gasteiger partial charge < -0.3 is 66.8 Å². The van der Waals surface area contributed by atoms with Crippen molar-refractivity contribution in [2.24, 2.45) is 5.73 Å². The number of rotatable bonds is 27. The van der Waals surface area contributed by atoms with Crippen LogP contribution in [-0.4, -0.2) is 136 Å². The van der Waals surface area contributed by atoms with E-state index in [-0.39, 0.29) is 89.7 Å². The highest BCUT2D eigenvalue weighted by atomic mass is 16.6. The average Bonchev–Trinajstić information content (AvgIpc) is 2.98. The summed E-state index contributed by atoms with van der Waals surface area (Å²) in [6.07, 6.45) is -1.29. The van der Waals surface area contributed by atoms with Crippen molar-refractivity contribution in [3.05, 3.63) is 0 Å². The molecule has 0 heterocycles. The Labute approximate surface area is 281 Å². The molecule has 6 amide bonds. The second-order valence-corrected chi connectivity index (χ2v) is 11.8. The third-order valence-electron chi connectivity index (χ3n) is 5.84. The molecule has 0 saturated carbocycles. The normalized spacial score (nSPS) is 11.2. The lowest BCUT2D eigenvalue weighted by atomic mass is 10.1. The Bertz CT molecular complexity index is 935. The number of ether oxygens (including phenoxy) is 4. The Morgan fingerprint density at radius 3 is 1.17 bits per heavy atom. The van der Waals surface area contributed by atoms with Crippen LogP contribution in [0.4, 0.5) is 14.4 Å². The topological polar surface area (TPSA) is 278 Å². The first-order valence-electron chi connectivity index (χ1n) is 15.8. The zero-order valence-corrected chi connectivity index (χ0v) is 28.3. The fourth-order valence-corrected chi connectivity index (χ4v) is 3.55. The molecule has 0 fully saturated rings. The van der Waals surface area contributed by atoms with E-state index in [1.54, 1.807) is 20.8 Å². The van der Waals surface area contributed by atoms with E-state index < -0.39 is 29.4 Å². The van der Waals surface area contributed by atoms with E-state index >= 15 is 0 Å². The first kappa shape index (κ1) is 44.1. The number of carboxylic acid groups (broad SMARTS) is 2. The molecule has 0 spiro atoms. The minimum absolute atomic E-state index is 0.0414. The third-order valence-corrected chi connectivity index (χ3v) is 5.84. The van der Waals surface area contributed by atoms with Crippen LogP contribution in [0.5, 0.6) is 0 Å². The Morgan fingerprint density at radius 2 is 0.854 bits per heavy atom. The molecule has 19 nitrogen and oxygen atoms in total. The monoisotopic (exact) mass is 693 g/mol. The first-order valence-corrected chi connectivity index (χ1v) is 15.8. The molecule has 0 aliphatic heterocycles. The van der Waals surface area contributed by atoms with Gasteiger partial charge in [0.2, 0.25) is 17.7 Å². The molecule has 0 unspecified atom stereocenters. The van der Waals surface area contributed by atoms with Crippen LogP contribution in [0, 0.1) is 0 Å². The van der Waals surface area contributed by atoms with Crippen LogP contribution in [0.15, 0.2) is 0 Å². The van der Waals surface area contributed by atoms with Gasteiger partial charge >= 0.3 is 18.3 Å². The summed E-state index contributed by atoms with van der Waals surface area (Å²) < 4.78 is 22.0. The van der Waals surface area contributed by atoms with E-state index in [0.717, 1.165) is 0 Å². The van der Waals surface area contributed by atoms with Crippen LogP contribution < -0.4 is 37.6 Å². The molecular formula is C29H55N7O12. The standard InChI is InChI=1S/C29H55N7O12/c1-28(2,3)48-27(44)36-15-6-12-33-24(39)9-18-47-21-29(30,19-45-16-7-22(37)31-10-4-13-34-25(40)41)20-46-17-8-23(38)32-11-5-14-35-26(42)43/h34-35H,4-21,30H2,1-3H3,(H,31,37)(H,32,38)(H,33,39)(H,36,44)(H,40,41)(H,42,43). The highest BCUT2D eigenvalue weighted by Crippen LogP contribution is 2.07. The summed E-state index contributed by atoms with van der Waals surface area (Å²) in [5.41, 5.74) is 4.71.